The van der Waals surface area contributed by atoms with Gasteiger partial charge < -0.3 is 4.74 Å². The quantitative estimate of drug-likeness (QED) is 0.718. The van der Waals surface area contributed by atoms with E-state index in [-0.39, 0.29) is 0 Å². The average molecular weight is 271 g/mol. The van der Waals surface area contributed by atoms with Gasteiger partial charge in [-0.15, -0.1) is 0 Å². The number of rotatable bonds is 6. The minimum atomic E-state index is 0.577. The molecule has 1 unspecified atom stereocenters. The Morgan fingerprint density at radius 1 is 1.27 bits per heavy atom. The highest BCUT2D eigenvalue weighted by Gasteiger charge is 2.07. The summed E-state index contributed by atoms with van der Waals surface area (Å²) in [6.07, 6.45) is 1.09. The number of alkyl halides is 1. The molecule has 0 aliphatic rings. The van der Waals surface area contributed by atoms with Crippen LogP contribution in [-0.4, -0.2) is 18.5 Å². The molecule has 0 N–H and O–H groups in total. The summed E-state index contributed by atoms with van der Waals surface area (Å²) >= 11 is 3.54. The maximum Gasteiger partial charge on any atom is 0.0505 e. The molecule has 0 aromatic heterocycles. The van der Waals surface area contributed by atoms with E-state index in [1.807, 2.05) is 6.92 Å². The molecule has 0 aliphatic heterocycles. The monoisotopic (exact) mass is 270 g/mol. The summed E-state index contributed by atoms with van der Waals surface area (Å²) in [6, 6.07) is 8.75. The van der Waals surface area contributed by atoms with Gasteiger partial charge in [0, 0.05) is 11.9 Å². The lowest BCUT2D eigenvalue weighted by Crippen LogP contribution is -2.14. The first-order valence-electron chi connectivity index (χ1n) is 5.45. The van der Waals surface area contributed by atoms with Crippen molar-refractivity contribution in [3.05, 3.63) is 35.4 Å². The Hall–Kier alpha value is -0.340. The van der Waals surface area contributed by atoms with Crippen LogP contribution in [0.1, 0.15) is 18.1 Å². The Balaban J connectivity index is 2.47. The van der Waals surface area contributed by atoms with Crippen LogP contribution in [-0.2, 0) is 11.2 Å². The number of hydrogen-bond donors (Lipinski definition) is 0. The largest absolute Gasteiger partial charge is 0.381 e. The van der Waals surface area contributed by atoms with Crippen LogP contribution in [0.3, 0.4) is 0 Å². The van der Waals surface area contributed by atoms with Gasteiger partial charge in [-0.3, -0.25) is 0 Å². The Bertz CT molecular complexity index is 268. The predicted octanol–water partition coefficient (Wildman–Crippen LogP) is 3.59. The van der Waals surface area contributed by atoms with Crippen molar-refractivity contribution in [3.8, 4) is 0 Å². The first-order chi connectivity index (χ1) is 7.26. The van der Waals surface area contributed by atoms with Crippen molar-refractivity contribution in [3.63, 3.8) is 0 Å². The second-order valence-corrected chi connectivity index (χ2v) is 4.52. The summed E-state index contributed by atoms with van der Waals surface area (Å²) in [4.78, 5) is 0. The predicted molar refractivity (Wildman–Crippen MR) is 68.7 cm³/mol. The van der Waals surface area contributed by atoms with Crippen molar-refractivity contribution < 1.29 is 4.74 Å². The molecule has 15 heavy (non-hydrogen) atoms. The number of ether oxygens (including phenoxy) is 1. The first kappa shape index (κ1) is 12.7. The van der Waals surface area contributed by atoms with Crippen molar-refractivity contribution in [1.82, 2.24) is 0 Å². The molecule has 1 atom stereocenters. The lowest BCUT2D eigenvalue weighted by atomic mass is 10.0. The molecule has 2 heteroatoms. The van der Waals surface area contributed by atoms with Gasteiger partial charge in [-0.05, 0) is 31.7 Å². The lowest BCUT2D eigenvalue weighted by molar-refractivity contribution is 0.118. The maximum atomic E-state index is 5.45. The highest BCUT2D eigenvalue weighted by atomic mass is 79.9. The molecule has 0 amide bonds. The molecule has 0 saturated heterocycles. The summed E-state index contributed by atoms with van der Waals surface area (Å²) in [7, 11) is 0. The van der Waals surface area contributed by atoms with E-state index in [1.54, 1.807) is 0 Å². The van der Waals surface area contributed by atoms with Crippen molar-refractivity contribution in [2.45, 2.75) is 20.3 Å². The number of halogens is 1. The summed E-state index contributed by atoms with van der Waals surface area (Å²) in [6.45, 7) is 5.80. The SMILES string of the molecule is CCOCC(CBr)Cc1ccc(C)cc1. The molecule has 0 fully saturated rings. The Morgan fingerprint density at radius 3 is 2.47 bits per heavy atom. The second-order valence-electron chi connectivity index (χ2n) is 3.87. The molecule has 0 bridgehead atoms. The van der Waals surface area contributed by atoms with E-state index in [0.29, 0.717) is 5.92 Å². The third-order valence-corrected chi connectivity index (χ3v) is 3.34. The molecule has 0 radical (unpaired) electrons. The highest BCUT2D eigenvalue weighted by Crippen LogP contribution is 2.12. The fourth-order valence-corrected chi connectivity index (χ4v) is 1.92. The second kappa shape index (κ2) is 7.02. The molecule has 0 aliphatic carbocycles. The minimum absolute atomic E-state index is 0.577. The molecule has 0 spiro atoms. The summed E-state index contributed by atoms with van der Waals surface area (Å²) in [5.74, 6) is 0.577. The molecular weight excluding hydrogens is 252 g/mol. The third-order valence-electron chi connectivity index (χ3n) is 2.42. The van der Waals surface area contributed by atoms with E-state index in [4.69, 9.17) is 4.74 Å². The first-order valence-corrected chi connectivity index (χ1v) is 6.57. The molecule has 0 saturated carbocycles. The summed E-state index contributed by atoms with van der Waals surface area (Å²) < 4.78 is 5.45. The van der Waals surface area contributed by atoms with Gasteiger partial charge in [0.1, 0.15) is 0 Å². The van der Waals surface area contributed by atoms with E-state index in [9.17, 15) is 0 Å². The minimum Gasteiger partial charge on any atom is -0.381 e. The fraction of sp³-hybridized carbons (Fsp3) is 0.538. The van der Waals surface area contributed by atoms with E-state index in [1.165, 1.54) is 11.1 Å². The smallest absolute Gasteiger partial charge is 0.0505 e. The summed E-state index contributed by atoms with van der Waals surface area (Å²) in [5.41, 5.74) is 2.71. The van der Waals surface area contributed by atoms with Gasteiger partial charge in [0.15, 0.2) is 0 Å². The van der Waals surface area contributed by atoms with Crippen molar-refractivity contribution >= 4 is 15.9 Å². The van der Waals surface area contributed by atoms with Gasteiger partial charge in [0.05, 0.1) is 6.61 Å². The lowest BCUT2D eigenvalue weighted by Gasteiger charge is -2.13. The zero-order chi connectivity index (χ0) is 11.1. The zero-order valence-electron chi connectivity index (χ0n) is 9.50. The van der Waals surface area contributed by atoms with E-state index >= 15 is 0 Å². The molecule has 84 valence electrons. The Kier molecular flexibility index (Phi) is 5.96. The van der Waals surface area contributed by atoms with Gasteiger partial charge in [-0.25, -0.2) is 0 Å². The van der Waals surface area contributed by atoms with Gasteiger partial charge in [0.2, 0.25) is 0 Å². The topological polar surface area (TPSA) is 9.23 Å². The standard InChI is InChI=1S/C13H19BrO/c1-3-15-10-13(9-14)8-12-6-4-11(2)5-7-12/h4-7,13H,3,8-10H2,1-2H3. The van der Waals surface area contributed by atoms with Crippen molar-refractivity contribution in [1.29, 1.82) is 0 Å². The molecule has 1 aromatic rings. The van der Waals surface area contributed by atoms with Gasteiger partial charge in [0.25, 0.3) is 0 Å². The molecular formula is C13H19BrO. The van der Waals surface area contributed by atoms with Crippen LogP contribution in [0.2, 0.25) is 0 Å². The maximum absolute atomic E-state index is 5.45. The van der Waals surface area contributed by atoms with E-state index in [2.05, 4.69) is 47.1 Å². The van der Waals surface area contributed by atoms with E-state index in [0.717, 1.165) is 25.0 Å². The van der Waals surface area contributed by atoms with Gasteiger partial charge in [-0.1, -0.05) is 45.8 Å². The van der Waals surface area contributed by atoms with Crippen molar-refractivity contribution in [2.75, 3.05) is 18.5 Å². The van der Waals surface area contributed by atoms with Crippen LogP contribution in [0.4, 0.5) is 0 Å². The van der Waals surface area contributed by atoms with E-state index < -0.39 is 0 Å². The van der Waals surface area contributed by atoms with Crippen LogP contribution in [0.15, 0.2) is 24.3 Å². The number of benzene rings is 1. The van der Waals surface area contributed by atoms with Gasteiger partial charge >= 0.3 is 0 Å². The molecule has 1 aromatic carbocycles. The fourth-order valence-electron chi connectivity index (χ4n) is 1.50. The zero-order valence-corrected chi connectivity index (χ0v) is 11.1. The molecule has 0 heterocycles. The highest BCUT2D eigenvalue weighted by molar-refractivity contribution is 9.09. The summed E-state index contributed by atoms with van der Waals surface area (Å²) in [5, 5.41) is 1.00. The van der Waals surface area contributed by atoms with Crippen molar-refractivity contribution in [2.24, 2.45) is 5.92 Å². The van der Waals surface area contributed by atoms with Crippen LogP contribution in [0.25, 0.3) is 0 Å². The Labute approximate surface area is 101 Å². The molecule has 1 rings (SSSR count). The van der Waals surface area contributed by atoms with Crippen LogP contribution >= 0.6 is 15.9 Å². The average Bonchev–Trinajstić information content (AvgIpc) is 2.27. The van der Waals surface area contributed by atoms with Crippen LogP contribution in [0.5, 0.6) is 0 Å². The normalized spacial score (nSPS) is 12.7. The molecule has 1 nitrogen and oxygen atoms in total. The number of hydrogen-bond acceptors (Lipinski definition) is 1. The number of aryl methyl sites for hydroxylation is 1. The van der Waals surface area contributed by atoms with Crippen LogP contribution in [0, 0.1) is 12.8 Å². The third kappa shape index (κ3) is 4.80. The van der Waals surface area contributed by atoms with Gasteiger partial charge in [-0.2, -0.15) is 0 Å². The Morgan fingerprint density at radius 2 is 1.93 bits per heavy atom. The van der Waals surface area contributed by atoms with Crippen LogP contribution < -0.4 is 0 Å².